The number of carboxylic acid groups (broad SMARTS) is 1. The van der Waals surface area contributed by atoms with Gasteiger partial charge >= 0.3 is 21.6 Å². The summed E-state index contributed by atoms with van der Waals surface area (Å²) >= 11 is 0. The number of carboxylic acids is 1. The van der Waals surface area contributed by atoms with Crippen molar-refractivity contribution in [1.29, 1.82) is 0 Å². The largest absolute Gasteiger partial charge is 0.522 e. The molecule has 0 aromatic rings. The van der Waals surface area contributed by atoms with E-state index in [0.717, 1.165) is 13.2 Å². The number of hydrogen-bond acceptors (Lipinski definition) is 5. The molecule has 7 nitrogen and oxygen atoms in total. The van der Waals surface area contributed by atoms with Crippen molar-refractivity contribution in [2.75, 3.05) is 19.8 Å². The highest BCUT2D eigenvalue weighted by molar-refractivity contribution is 7.86. The van der Waals surface area contributed by atoms with Crippen LogP contribution in [0.5, 0.6) is 0 Å². The third-order valence-electron chi connectivity index (χ3n) is 2.78. The Kier molecular flexibility index (Phi) is 8.98. The highest BCUT2D eigenvalue weighted by atomic mass is 32.2. The lowest BCUT2D eigenvalue weighted by molar-refractivity contribution is -0.137. The smallest absolute Gasteiger partial charge is 0.480 e. The van der Waals surface area contributed by atoms with Gasteiger partial charge in [0.15, 0.2) is 0 Å². The van der Waals surface area contributed by atoms with Crippen LogP contribution in [0.3, 0.4) is 0 Å². The molecule has 136 valence electrons. The van der Waals surface area contributed by atoms with Gasteiger partial charge < -0.3 is 14.9 Å². The minimum atomic E-state index is -5.84. The first-order valence-corrected chi connectivity index (χ1v) is 8.33. The summed E-state index contributed by atoms with van der Waals surface area (Å²) in [7, 11) is -5.84. The van der Waals surface area contributed by atoms with Crippen molar-refractivity contribution < 1.29 is 36.0 Å². The second-order valence-corrected chi connectivity index (χ2v) is 6.29. The van der Waals surface area contributed by atoms with E-state index < -0.39 is 21.6 Å². The van der Waals surface area contributed by atoms with Gasteiger partial charge in [-0.3, -0.25) is 9.35 Å². The van der Waals surface area contributed by atoms with Crippen LogP contribution in [0, 0.1) is 0 Å². The summed E-state index contributed by atoms with van der Waals surface area (Å²) < 4.78 is 57.5. The van der Waals surface area contributed by atoms with Crippen LogP contribution in [-0.4, -0.2) is 59.1 Å². The average molecular weight is 362 g/mol. The molecule has 11 heteroatoms. The maximum Gasteiger partial charge on any atom is 0.522 e. The zero-order valence-electron chi connectivity index (χ0n) is 12.7. The van der Waals surface area contributed by atoms with Gasteiger partial charge in [-0.15, -0.1) is 0 Å². The maximum absolute atomic E-state index is 10.7. The van der Waals surface area contributed by atoms with Crippen LogP contribution >= 0.6 is 0 Å². The minimum Gasteiger partial charge on any atom is -0.480 e. The molecule has 23 heavy (non-hydrogen) atoms. The van der Waals surface area contributed by atoms with Crippen molar-refractivity contribution in [3.63, 3.8) is 0 Å². The van der Waals surface area contributed by atoms with Gasteiger partial charge in [0.25, 0.3) is 0 Å². The molecule has 0 fully saturated rings. The fourth-order valence-corrected chi connectivity index (χ4v) is 1.68. The predicted molar refractivity (Wildman–Crippen MR) is 76.8 cm³/mol. The molecule has 0 aromatic carbocycles. The van der Waals surface area contributed by atoms with E-state index in [-0.39, 0.29) is 6.54 Å². The van der Waals surface area contributed by atoms with Gasteiger partial charge in [0.1, 0.15) is 6.54 Å². The second kappa shape index (κ2) is 9.60. The van der Waals surface area contributed by atoms with E-state index in [1.54, 1.807) is 0 Å². The van der Waals surface area contributed by atoms with Gasteiger partial charge in [-0.05, 0) is 6.42 Å². The lowest BCUT2D eigenvalue weighted by Crippen LogP contribution is -2.29. The lowest BCUT2D eigenvalue weighted by atomic mass is 10.2. The molecule has 1 aliphatic rings. The van der Waals surface area contributed by atoms with Crippen LogP contribution in [0.2, 0.25) is 0 Å². The van der Waals surface area contributed by atoms with E-state index >= 15 is 0 Å². The summed E-state index contributed by atoms with van der Waals surface area (Å²) in [5.41, 5.74) is -5.53. The molecule has 0 spiro atoms. The van der Waals surface area contributed by atoms with Gasteiger partial charge in [0.05, 0.1) is 6.67 Å². The van der Waals surface area contributed by atoms with Crippen molar-refractivity contribution in [2.45, 2.75) is 38.1 Å². The quantitative estimate of drug-likeness (QED) is 0.406. The molecule has 0 radical (unpaired) electrons. The Morgan fingerprint density at radius 2 is 1.70 bits per heavy atom. The molecule has 0 bridgehead atoms. The molecular weight excluding hydrogens is 341 g/mol. The number of hydrogen-bond donors (Lipinski definition) is 2. The summed E-state index contributed by atoms with van der Waals surface area (Å²) in [5.74, 6) is -0.771. The van der Waals surface area contributed by atoms with E-state index in [1.807, 2.05) is 17.3 Å². The summed E-state index contributed by atoms with van der Waals surface area (Å²) in [4.78, 5) is 14.4. The van der Waals surface area contributed by atoms with Gasteiger partial charge in [0, 0.05) is 18.9 Å². The van der Waals surface area contributed by atoms with Crippen molar-refractivity contribution in [2.24, 2.45) is 0 Å². The van der Waals surface area contributed by atoms with Crippen LogP contribution in [-0.2, 0) is 14.9 Å². The Labute approximate surface area is 133 Å². The average Bonchev–Trinajstić information content (AvgIpc) is 2.80. The molecule has 1 heterocycles. The molecule has 0 atom stereocenters. The Bertz CT molecular complexity index is 493. The highest BCUT2D eigenvalue weighted by Gasteiger charge is 2.44. The van der Waals surface area contributed by atoms with E-state index in [1.165, 1.54) is 25.7 Å². The Balaban J connectivity index is 0.000000515. The molecule has 0 aromatic heterocycles. The molecule has 1 aliphatic heterocycles. The molecule has 2 N–H and O–H groups in total. The molecule has 0 saturated heterocycles. The number of aliphatic carboxylic acids is 1. The van der Waals surface area contributed by atoms with Crippen molar-refractivity contribution in [3.8, 4) is 0 Å². The minimum absolute atomic E-state index is 0.0992. The van der Waals surface area contributed by atoms with Crippen LogP contribution in [0.15, 0.2) is 12.4 Å². The topological polar surface area (TPSA) is 98.2 Å². The zero-order chi connectivity index (χ0) is 18.1. The Morgan fingerprint density at radius 1 is 1.17 bits per heavy atom. The van der Waals surface area contributed by atoms with Crippen LogP contribution < -0.4 is 0 Å². The first kappa shape index (κ1) is 21.5. The van der Waals surface area contributed by atoms with Crippen LogP contribution in [0.1, 0.15) is 32.6 Å². The fourth-order valence-electron chi connectivity index (χ4n) is 1.68. The molecule has 1 rings (SSSR count). The zero-order valence-corrected chi connectivity index (χ0v) is 13.5. The van der Waals surface area contributed by atoms with Crippen molar-refractivity contribution in [1.82, 2.24) is 9.80 Å². The van der Waals surface area contributed by atoms with Gasteiger partial charge in [-0.25, -0.2) is 0 Å². The van der Waals surface area contributed by atoms with E-state index in [2.05, 4.69) is 11.8 Å². The summed E-state index contributed by atoms with van der Waals surface area (Å²) in [6.45, 7) is 4.05. The number of rotatable bonds is 7. The van der Waals surface area contributed by atoms with Crippen LogP contribution in [0.25, 0.3) is 0 Å². The first-order valence-electron chi connectivity index (χ1n) is 6.89. The van der Waals surface area contributed by atoms with Gasteiger partial charge in [0.2, 0.25) is 0 Å². The number of alkyl halides is 3. The third-order valence-corrected chi connectivity index (χ3v) is 3.37. The van der Waals surface area contributed by atoms with E-state index in [9.17, 15) is 18.0 Å². The second-order valence-electron chi connectivity index (χ2n) is 4.87. The van der Waals surface area contributed by atoms with E-state index in [0.29, 0.717) is 0 Å². The normalized spacial score (nSPS) is 14.7. The number of nitrogens with zero attached hydrogens (tertiary/aromatic N) is 2. The molecule has 0 aliphatic carbocycles. The Hall–Kier alpha value is -1.49. The SMILES string of the molecule is CCCCCCN1C=CN(CC(=O)O)C1.O=S(=O)(O)C(F)(F)F. The monoisotopic (exact) mass is 362 g/mol. The number of carbonyl (C=O) groups is 1. The predicted octanol–water partition coefficient (Wildman–Crippen LogP) is 2.09. The highest BCUT2D eigenvalue weighted by Crippen LogP contribution is 2.20. The molecule has 0 unspecified atom stereocenters. The van der Waals surface area contributed by atoms with Gasteiger partial charge in [-0.1, -0.05) is 26.2 Å². The molecule has 0 saturated carbocycles. The standard InChI is InChI=1S/C11H20N2O2.CHF3O3S/c1-2-3-4-5-6-12-7-8-13(10-12)9-11(14)15;2-1(3,4)8(5,6)7/h7-8H,2-6,9-10H2,1H3,(H,14,15);(H,5,6,7). The van der Waals surface area contributed by atoms with Crippen molar-refractivity contribution >= 4 is 16.1 Å². The number of halogens is 3. The van der Waals surface area contributed by atoms with E-state index in [4.69, 9.17) is 18.1 Å². The maximum atomic E-state index is 10.7. The summed E-state index contributed by atoms with van der Waals surface area (Å²) in [6, 6.07) is 0. The Morgan fingerprint density at radius 3 is 2.13 bits per heavy atom. The van der Waals surface area contributed by atoms with Crippen molar-refractivity contribution in [3.05, 3.63) is 12.4 Å². The first-order chi connectivity index (χ1) is 10.5. The summed E-state index contributed by atoms with van der Waals surface area (Å²) in [5, 5.41) is 8.61. The fraction of sp³-hybridized carbons (Fsp3) is 0.750. The third kappa shape index (κ3) is 10.00. The molecule has 0 amide bonds. The number of unbranched alkanes of at least 4 members (excludes halogenated alkanes) is 3. The van der Waals surface area contributed by atoms with Crippen LogP contribution in [0.4, 0.5) is 13.2 Å². The summed E-state index contributed by atoms with van der Waals surface area (Å²) in [6.07, 6.45) is 8.83. The lowest BCUT2D eigenvalue weighted by Gasteiger charge is -2.19. The molecular formula is C12H21F3N2O5S. The van der Waals surface area contributed by atoms with Gasteiger partial charge in [-0.2, -0.15) is 21.6 Å².